The lowest BCUT2D eigenvalue weighted by molar-refractivity contribution is -0.126. The Labute approximate surface area is 154 Å². The van der Waals surface area contributed by atoms with E-state index in [1.54, 1.807) is 12.4 Å². The highest BCUT2D eigenvalue weighted by molar-refractivity contribution is 7.15. The summed E-state index contributed by atoms with van der Waals surface area (Å²) in [5.74, 6) is -0.721. The van der Waals surface area contributed by atoms with E-state index in [0.29, 0.717) is 35.6 Å². The molecule has 1 aliphatic rings. The Morgan fingerprint density at radius 2 is 2.23 bits per heavy atom. The molecular formula is C16H20N6O3S. The van der Waals surface area contributed by atoms with Crippen molar-refractivity contribution >= 4 is 28.3 Å². The van der Waals surface area contributed by atoms with Gasteiger partial charge in [-0.3, -0.25) is 24.5 Å². The molecule has 3 rings (SSSR count). The van der Waals surface area contributed by atoms with Crippen LogP contribution in [0.2, 0.25) is 0 Å². The van der Waals surface area contributed by atoms with Crippen LogP contribution < -0.4 is 10.2 Å². The maximum atomic E-state index is 12.4. The maximum absolute atomic E-state index is 12.4. The monoisotopic (exact) mass is 376 g/mol. The van der Waals surface area contributed by atoms with Crippen molar-refractivity contribution in [1.82, 2.24) is 25.5 Å². The van der Waals surface area contributed by atoms with Gasteiger partial charge >= 0.3 is 0 Å². The topological polar surface area (TPSA) is 110 Å². The molecule has 1 fully saturated rings. The lowest BCUT2D eigenvalue weighted by Crippen LogP contribution is -2.32. The first-order valence-corrected chi connectivity index (χ1v) is 9.14. The molecule has 10 heteroatoms. The molecule has 1 atom stereocenters. The highest BCUT2D eigenvalue weighted by atomic mass is 32.1. The number of hydrogen-bond donors (Lipinski definition) is 1. The second-order valence-electron chi connectivity index (χ2n) is 5.89. The summed E-state index contributed by atoms with van der Waals surface area (Å²) in [6, 6.07) is 0. The molecule has 1 saturated heterocycles. The average Bonchev–Trinajstić information content (AvgIpc) is 3.25. The van der Waals surface area contributed by atoms with E-state index in [9.17, 15) is 9.59 Å². The van der Waals surface area contributed by atoms with Crippen LogP contribution in [0.25, 0.3) is 0 Å². The zero-order valence-corrected chi connectivity index (χ0v) is 15.5. The summed E-state index contributed by atoms with van der Waals surface area (Å²) in [7, 11) is 0. The number of rotatable bonds is 7. The van der Waals surface area contributed by atoms with Crippen molar-refractivity contribution in [2.45, 2.75) is 33.4 Å². The van der Waals surface area contributed by atoms with Gasteiger partial charge in [0.05, 0.1) is 30.0 Å². The molecule has 0 spiro atoms. The number of aromatic nitrogens is 4. The number of amides is 2. The third-order valence-corrected chi connectivity index (χ3v) is 4.81. The number of ether oxygens (including phenoxy) is 1. The van der Waals surface area contributed by atoms with Crippen LogP contribution in [0.1, 0.15) is 29.7 Å². The number of hydrogen-bond acceptors (Lipinski definition) is 8. The number of nitrogens with zero attached hydrogens (tertiary/aromatic N) is 5. The van der Waals surface area contributed by atoms with Gasteiger partial charge in [-0.1, -0.05) is 11.3 Å². The van der Waals surface area contributed by atoms with E-state index in [1.807, 2.05) is 13.8 Å². The second kappa shape index (κ2) is 8.28. The van der Waals surface area contributed by atoms with E-state index in [4.69, 9.17) is 4.74 Å². The van der Waals surface area contributed by atoms with Crippen LogP contribution in [0.5, 0.6) is 0 Å². The van der Waals surface area contributed by atoms with Crippen LogP contribution >= 0.6 is 11.3 Å². The number of carbonyl (C=O) groups is 2. The van der Waals surface area contributed by atoms with Crippen LogP contribution in [0.3, 0.4) is 0 Å². The fraction of sp³-hybridized carbons (Fsp3) is 0.500. The smallest absolute Gasteiger partial charge is 0.229 e. The van der Waals surface area contributed by atoms with E-state index < -0.39 is 5.92 Å². The van der Waals surface area contributed by atoms with Crippen LogP contribution in [-0.2, 0) is 27.5 Å². The molecule has 0 saturated carbocycles. The highest BCUT2D eigenvalue weighted by Gasteiger charge is 2.36. The summed E-state index contributed by atoms with van der Waals surface area (Å²) in [4.78, 5) is 34.5. The summed E-state index contributed by atoms with van der Waals surface area (Å²) in [6.07, 6.45) is 3.44. The molecule has 2 amide bonds. The van der Waals surface area contributed by atoms with Crippen molar-refractivity contribution in [3.63, 3.8) is 0 Å². The SMILES string of the molecule is CCOCc1nnc(N2CC(C(=O)NCc3cnc(C)cn3)CC2=O)s1. The number of nitrogens with one attached hydrogen (secondary N) is 1. The molecule has 1 N–H and O–H groups in total. The van der Waals surface area contributed by atoms with E-state index in [0.717, 1.165) is 5.69 Å². The second-order valence-corrected chi connectivity index (χ2v) is 6.93. The normalized spacial score (nSPS) is 16.9. The Hall–Kier alpha value is -2.46. The molecule has 26 heavy (non-hydrogen) atoms. The van der Waals surface area contributed by atoms with Gasteiger partial charge in [0.15, 0.2) is 0 Å². The van der Waals surface area contributed by atoms with Crippen molar-refractivity contribution in [2.24, 2.45) is 5.92 Å². The predicted molar refractivity (Wildman–Crippen MR) is 94.3 cm³/mol. The number of anilines is 1. The minimum atomic E-state index is -0.417. The Morgan fingerprint density at radius 1 is 1.38 bits per heavy atom. The maximum Gasteiger partial charge on any atom is 0.229 e. The quantitative estimate of drug-likeness (QED) is 0.762. The minimum absolute atomic E-state index is 0.126. The summed E-state index contributed by atoms with van der Waals surface area (Å²) < 4.78 is 5.29. The van der Waals surface area contributed by atoms with E-state index in [2.05, 4.69) is 25.5 Å². The van der Waals surface area contributed by atoms with Gasteiger partial charge in [0.1, 0.15) is 11.6 Å². The standard InChI is InChI=1S/C16H20N6O3S/c1-3-25-9-13-20-21-16(26-13)22-8-11(4-14(22)23)15(24)19-7-12-6-17-10(2)5-18-12/h5-6,11H,3-4,7-9H2,1-2H3,(H,19,24). The Balaban J connectivity index is 1.55. The van der Waals surface area contributed by atoms with Crippen LogP contribution in [0, 0.1) is 12.8 Å². The van der Waals surface area contributed by atoms with Crippen molar-refractivity contribution in [3.05, 3.63) is 28.8 Å². The highest BCUT2D eigenvalue weighted by Crippen LogP contribution is 2.28. The van der Waals surface area contributed by atoms with Gasteiger partial charge in [-0.15, -0.1) is 10.2 Å². The number of carbonyl (C=O) groups excluding carboxylic acids is 2. The fourth-order valence-electron chi connectivity index (χ4n) is 2.50. The van der Waals surface area contributed by atoms with Crippen molar-refractivity contribution in [2.75, 3.05) is 18.1 Å². The van der Waals surface area contributed by atoms with Gasteiger partial charge in [-0.25, -0.2) is 0 Å². The Morgan fingerprint density at radius 3 is 2.96 bits per heavy atom. The predicted octanol–water partition coefficient (Wildman–Crippen LogP) is 0.842. The van der Waals surface area contributed by atoms with Crippen molar-refractivity contribution < 1.29 is 14.3 Å². The molecular weight excluding hydrogens is 356 g/mol. The average molecular weight is 376 g/mol. The Kier molecular flexibility index (Phi) is 5.84. The summed E-state index contributed by atoms with van der Waals surface area (Å²) in [5, 5.41) is 12.1. The van der Waals surface area contributed by atoms with Gasteiger partial charge < -0.3 is 10.1 Å². The molecule has 0 aliphatic carbocycles. The Bertz CT molecular complexity index is 779. The summed E-state index contributed by atoms with van der Waals surface area (Å²) in [6.45, 7) is 5.29. The van der Waals surface area contributed by atoms with Gasteiger partial charge in [0.2, 0.25) is 16.9 Å². The third kappa shape index (κ3) is 4.38. The van der Waals surface area contributed by atoms with Crippen LogP contribution in [0.4, 0.5) is 5.13 Å². The molecule has 0 aromatic carbocycles. The van der Waals surface area contributed by atoms with Crippen molar-refractivity contribution in [1.29, 1.82) is 0 Å². The van der Waals surface area contributed by atoms with E-state index >= 15 is 0 Å². The van der Waals surface area contributed by atoms with E-state index in [-0.39, 0.29) is 24.8 Å². The lowest BCUT2D eigenvalue weighted by atomic mass is 10.1. The number of aryl methyl sites for hydroxylation is 1. The van der Waals surface area contributed by atoms with Crippen molar-refractivity contribution in [3.8, 4) is 0 Å². The molecule has 3 heterocycles. The summed E-state index contributed by atoms with van der Waals surface area (Å²) >= 11 is 1.31. The molecule has 1 aliphatic heterocycles. The van der Waals surface area contributed by atoms with Crippen LogP contribution in [0.15, 0.2) is 12.4 Å². The molecule has 138 valence electrons. The van der Waals surface area contributed by atoms with Gasteiger partial charge in [0.25, 0.3) is 0 Å². The summed E-state index contributed by atoms with van der Waals surface area (Å²) in [5.41, 5.74) is 1.49. The molecule has 0 radical (unpaired) electrons. The first kappa shape index (κ1) is 18.3. The zero-order chi connectivity index (χ0) is 18.5. The molecule has 0 bridgehead atoms. The van der Waals surface area contributed by atoms with Gasteiger partial charge in [0, 0.05) is 25.8 Å². The minimum Gasteiger partial charge on any atom is -0.374 e. The van der Waals surface area contributed by atoms with Gasteiger partial charge in [-0.05, 0) is 13.8 Å². The molecule has 2 aromatic heterocycles. The third-order valence-electron chi connectivity index (χ3n) is 3.89. The van der Waals surface area contributed by atoms with Gasteiger partial charge in [-0.2, -0.15) is 0 Å². The largest absolute Gasteiger partial charge is 0.374 e. The molecule has 9 nitrogen and oxygen atoms in total. The van der Waals surface area contributed by atoms with Crippen LogP contribution in [-0.4, -0.2) is 45.1 Å². The fourth-order valence-corrected chi connectivity index (χ4v) is 3.31. The molecule has 2 aromatic rings. The zero-order valence-electron chi connectivity index (χ0n) is 14.6. The van der Waals surface area contributed by atoms with E-state index in [1.165, 1.54) is 16.2 Å². The lowest BCUT2D eigenvalue weighted by Gasteiger charge is -2.12. The molecule has 1 unspecified atom stereocenters. The first-order chi connectivity index (χ1) is 12.6. The first-order valence-electron chi connectivity index (χ1n) is 8.32.